The zero-order valence-corrected chi connectivity index (χ0v) is 11.6. The molecule has 0 atom stereocenters. The molecule has 0 bridgehead atoms. The molecule has 0 saturated carbocycles. The molecule has 22 heavy (non-hydrogen) atoms. The second-order valence-corrected chi connectivity index (χ2v) is 5.15. The van der Waals surface area contributed by atoms with E-state index in [1.54, 1.807) is 0 Å². The molecular formula is C14H15F4NO3. The number of benzene rings is 1. The number of carbonyl (C=O) groups is 1. The number of piperidine rings is 1. The predicted molar refractivity (Wildman–Crippen MR) is 68.7 cm³/mol. The summed E-state index contributed by atoms with van der Waals surface area (Å²) in [7, 11) is 0. The van der Waals surface area contributed by atoms with Crippen LogP contribution in [0.5, 0.6) is 5.75 Å². The van der Waals surface area contributed by atoms with Crippen LogP contribution in [0.25, 0.3) is 0 Å². The van der Waals surface area contributed by atoms with Gasteiger partial charge < -0.3 is 14.7 Å². The van der Waals surface area contributed by atoms with Crippen LogP contribution >= 0.6 is 0 Å². The molecule has 0 aliphatic carbocycles. The molecule has 0 unspecified atom stereocenters. The number of ether oxygens (including phenoxy) is 1. The van der Waals surface area contributed by atoms with E-state index >= 15 is 0 Å². The Labute approximate surface area is 124 Å². The van der Waals surface area contributed by atoms with Crippen molar-refractivity contribution in [3.8, 4) is 5.75 Å². The molecule has 1 fully saturated rings. The third-order valence-electron chi connectivity index (χ3n) is 3.65. The highest BCUT2D eigenvalue weighted by atomic mass is 19.4. The third-order valence-corrected chi connectivity index (χ3v) is 3.65. The van der Waals surface area contributed by atoms with Crippen molar-refractivity contribution in [3.63, 3.8) is 0 Å². The number of nitrogens with zero attached hydrogens (tertiary/aromatic N) is 1. The zero-order chi connectivity index (χ0) is 16.4. The Morgan fingerprint density at radius 1 is 1.23 bits per heavy atom. The monoisotopic (exact) mass is 321 g/mol. The summed E-state index contributed by atoms with van der Waals surface area (Å²) in [6, 6.07) is 5.04. The van der Waals surface area contributed by atoms with Gasteiger partial charge in [0.05, 0.1) is 0 Å². The number of halogens is 4. The Morgan fingerprint density at radius 2 is 1.77 bits per heavy atom. The molecule has 1 saturated heterocycles. The van der Waals surface area contributed by atoms with Gasteiger partial charge in [-0.15, -0.1) is 0 Å². The van der Waals surface area contributed by atoms with Crippen LogP contribution in [0.15, 0.2) is 24.3 Å². The molecule has 1 aliphatic heterocycles. The first-order valence-corrected chi connectivity index (χ1v) is 6.66. The first-order chi connectivity index (χ1) is 10.2. The van der Waals surface area contributed by atoms with E-state index in [1.165, 1.54) is 29.2 Å². The molecule has 1 heterocycles. The molecule has 0 radical (unpaired) electrons. The van der Waals surface area contributed by atoms with Gasteiger partial charge in [-0.05, 0) is 24.3 Å². The second kappa shape index (κ2) is 6.12. The summed E-state index contributed by atoms with van der Waals surface area (Å²) in [5.74, 6) is -0.631. The fourth-order valence-corrected chi connectivity index (χ4v) is 2.18. The van der Waals surface area contributed by atoms with Gasteiger partial charge in [0, 0.05) is 25.9 Å². The topological polar surface area (TPSA) is 49.8 Å². The SMILES string of the molecule is O=C(COc1ccc(F)cc1)N1CCC(O)(C(F)(F)F)CC1. The number of amides is 1. The molecule has 2 rings (SSSR count). The highest BCUT2D eigenvalue weighted by molar-refractivity contribution is 5.77. The van der Waals surface area contributed by atoms with Gasteiger partial charge >= 0.3 is 6.18 Å². The number of aliphatic hydroxyl groups is 1. The normalized spacial score (nSPS) is 18.1. The van der Waals surface area contributed by atoms with Crippen LogP contribution in [0.2, 0.25) is 0 Å². The minimum absolute atomic E-state index is 0.193. The van der Waals surface area contributed by atoms with Crippen LogP contribution in [0.1, 0.15) is 12.8 Å². The Bertz CT molecular complexity index is 522. The fourth-order valence-electron chi connectivity index (χ4n) is 2.18. The lowest BCUT2D eigenvalue weighted by molar-refractivity contribution is -0.272. The lowest BCUT2D eigenvalue weighted by Crippen LogP contribution is -2.54. The first kappa shape index (κ1) is 16.5. The summed E-state index contributed by atoms with van der Waals surface area (Å²) in [5, 5.41) is 9.51. The summed E-state index contributed by atoms with van der Waals surface area (Å²) < 4.78 is 55.8. The largest absolute Gasteiger partial charge is 0.484 e. The highest BCUT2D eigenvalue weighted by Gasteiger charge is 2.54. The molecule has 1 aromatic carbocycles. The van der Waals surface area contributed by atoms with Crippen molar-refractivity contribution in [3.05, 3.63) is 30.1 Å². The molecular weight excluding hydrogens is 306 g/mol. The molecule has 1 aromatic rings. The molecule has 1 amide bonds. The Kier molecular flexibility index (Phi) is 4.60. The van der Waals surface area contributed by atoms with Crippen LogP contribution in [-0.2, 0) is 4.79 Å². The minimum atomic E-state index is -4.70. The van der Waals surface area contributed by atoms with Crippen LogP contribution in [0.3, 0.4) is 0 Å². The van der Waals surface area contributed by atoms with Crippen LogP contribution in [0.4, 0.5) is 17.6 Å². The lowest BCUT2D eigenvalue weighted by Gasteiger charge is -2.39. The van der Waals surface area contributed by atoms with Crippen LogP contribution < -0.4 is 4.74 Å². The maximum absolute atomic E-state index is 12.7. The maximum atomic E-state index is 12.7. The average molecular weight is 321 g/mol. The molecule has 0 aromatic heterocycles. The Morgan fingerprint density at radius 3 is 2.27 bits per heavy atom. The van der Waals surface area contributed by atoms with Crippen molar-refractivity contribution < 1.29 is 32.2 Å². The zero-order valence-electron chi connectivity index (χ0n) is 11.6. The molecule has 4 nitrogen and oxygen atoms in total. The van der Waals surface area contributed by atoms with Crippen LogP contribution in [-0.4, -0.2) is 47.4 Å². The Hall–Kier alpha value is -1.83. The van der Waals surface area contributed by atoms with Crippen molar-refractivity contribution in [2.75, 3.05) is 19.7 Å². The van der Waals surface area contributed by atoms with E-state index in [0.29, 0.717) is 5.75 Å². The number of rotatable bonds is 3. The number of alkyl halides is 3. The van der Waals surface area contributed by atoms with Gasteiger partial charge in [0.15, 0.2) is 12.2 Å². The average Bonchev–Trinajstić information content (AvgIpc) is 2.46. The fraction of sp³-hybridized carbons (Fsp3) is 0.500. The van der Waals surface area contributed by atoms with Gasteiger partial charge in [-0.1, -0.05) is 0 Å². The summed E-state index contributed by atoms with van der Waals surface area (Å²) >= 11 is 0. The molecule has 8 heteroatoms. The van der Waals surface area contributed by atoms with E-state index < -0.39 is 36.3 Å². The van der Waals surface area contributed by atoms with Crippen molar-refractivity contribution in [2.24, 2.45) is 0 Å². The molecule has 122 valence electrons. The van der Waals surface area contributed by atoms with Crippen molar-refractivity contribution >= 4 is 5.91 Å². The molecule has 0 spiro atoms. The first-order valence-electron chi connectivity index (χ1n) is 6.66. The quantitative estimate of drug-likeness (QED) is 0.868. The van der Waals surface area contributed by atoms with Crippen molar-refractivity contribution in [1.82, 2.24) is 4.90 Å². The van der Waals surface area contributed by atoms with Crippen LogP contribution in [0, 0.1) is 5.82 Å². The smallest absolute Gasteiger partial charge is 0.417 e. The number of carbonyl (C=O) groups excluding carboxylic acids is 1. The summed E-state index contributed by atoms with van der Waals surface area (Å²) in [6.45, 7) is -0.737. The van der Waals surface area contributed by atoms with E-state index in [9.17, 15) is 27.5 Å². The van der Waals surface area contributed by atoms with E-state index in [0.717, 1.165) is 0 Å². The van der Waals surface area contributed by atoms with E-state index in [2.05, 4.69) is 0 Å². The molecule has 1 N–H and O–H groups in total. The van der Waals surface area contributed by atoms with Gasteiger partial charge in [-0.2, -0.15) is 13.2 Å². The van der Waals surface area contributed by atoms with E-state index in [-0.39, 0.29) is 19.7 Å². The van der Waals surface area contributed by atoms with E-state index in [1.807, 2.05) is 0 Å². The number of hydrogen-bond donors (Lipinski definition) is 1. The maximum Gasteiger partial charge on any atom is 0.417 e. The van der Waals surface area contributed by atoms with Gasteiger partial charge in [-0.25, -0.2) is 4.39 Å². The third kappa shape index (κ3) is 3.68. The Balaban J connectivity index is 1.84. The van der Waals surface area contributed by atoms with Gasteiger partial charge in [0.1, 0.15) is 11.6 Å². The summed E-state index contributed by atoms with van der Waals surface area (Å²) in [4.78, 5) is 13.1. The van der Waals surface area contributed by atoms with Crippen molar-refractivity contribution in [2.45, 2.75) is 24.6 Å². The lowest BCUT2D eigenvalue weighted by atomic mass is 9.91. The summed E-state index contributed by atoms with van der Waals surface area (Å²) in [5.41, 5.74) is -2.73. The van der Waals surface area contributed by atoms with Gasteiger partial charge in [-0.3, -0.25) is 4.79 Å². The highest BCUT2D eigenvalue weighted by Crippen LogP contribution is 2.38. The second-order valence-electron chi connectivity index (χ2n) is 5.15. The minimum Gasteiger partial charge on any atom is -0.484 e. The van der Waals surface area contributed by atoms with Crippen molar-refractivity contribution in [1.29, 1.82) is 0 Å². The molecule has 1 aliphatic rings. The van der Waals surface area contributed by atoms with Gasteiger partial charge in [0.2, 0.25) is 0 Å². The van der Waals surface area contributed by atoms with E-state index in [4.69, 9.17) is 4.74 Å². The summed E-state index contributed by atoms with van der Waals surface area (Å²) in [6.07, 6.45) is -5.82. The number of likely N-dealkylation sites (tertiary alicyclic amines) is 1. The van der Waals surface area contributed by atoms with Gasteiger partial charge in [0.25, 0.3) is 5.91 Å². The number of hydrogen-bond acceptors (Lipinski definition) is 3. The predicted octanol–water partition coefficient (Wildman–Crippen LogP) is 2.12. The standard InChI is InChI=1S/C14H15F4NO3/c15-10-1-3-11(4-2-10)22-9-12(20)19-7-5-13(21,6-8-19)14(16,17)18/h1-4,21H,5-9H2.